The normalized spacial score (nSPS) is 15.6. The van der Waals surface area contributed by atoms with Crippen LogP contribution in [0, 0.1) is 0 Å². The summed E-state index contributed by atoms with van der Waals surface area (Å²) < 4.78 is 1.41. The predicted molar refractivity (Wildman–Crippen MR) is 192 cm³/mol. The fourth-order valence-electron chi connectivity index (χ4n) is 6.95. The minimum absolute atomic E-state index is 0.0417. The van der Waals surface area contributed by atoms with Gasteiger partial charge in [0.15, 0.2) is 0 Å². The van der Waals surface area contributed by atoms with Crippen molar-refractivity contribution < 1.29 is 0 Å². The molecule has 0 spiro atoms. The predicted octanol–water partition coefficient (Wildman–Crippen LogP) is 11.2. The van der Waals surface area contributed by atoms with Crippen molar-refractivity contribution >= 4 is 55.4 Å². The molecule has 1 aliphatic carbocycles. The molecule has 1 unspecified atom stereocenters. The van der Waals surface area contributed by atoms with Crippen LogP contribution < -0.4 is 5.32 Å². The first-order valence-electron chi connectivity index (χ1n) is 15.6. The summed E-state index contributed by atoms with van der Waals surface area (Å²) in [6, 6.07) is 50.2. The van der Waals surface area contributed by atoms with E-state index < -0.39 is 0 Å². The van der Waals surface area contributed by atoms with Gasteiger partial charge in [0.05, 0.1) is 0 Å². The molecular formula is C42H30N2S. The van der Waals surface area contributed by atoms with Gasteiger partial charge in [0.2, 0.25) is 0 Å². The largest absolute Gasteiger partial charge is 0.340 e. The number of thiophene rings is 1. The Kier molecular flexibility index (Phi) is 6.24. The highest BCUT2D eigenvalue weighted by Gasteiger charge is 2.24. The Labute approximate surface area is 267 Å². The molecular weight excluding hydrogens is 565 g/mol. The zero-order chi connectivity index (χ0) is 29.7. The van der Waals surface area contributed by atoms with Gasteiger partial charge in [0.1, 0.15) is 11.9 Å². The number of aryl methyl sites for hydroxylation is 1. The van der Waals surface area contributed by atoms with Gasteiger partial charge < -0.3 is 5.32 Å². The maximum absolute atomic E-state index is 5.25. The number of hydrogen-bond donors (Lipinski definition) is 1. The number of nitrogens with one attached hydrogen (secondary N) is 1. The first kappa shape index (κ1) is 26.2. The Balaban J connectivity index is 1.07. The van der Waals surface area contributed by atoms with E-state index in [2.05, 4.69) is 151 Å². The van der Waals surface area contributed by atoms with Crippen LogP contribution in [0.2, 0.25) is 0 Å². The summed E-state index contributed by atoms with van der Waals surface area (Å²) in [5.74, 6) is 0.903. The Morgan fingerprint density at radius 1 is 0.600 bits per heavy atom. The van der Waals surface area contributed by atoms with Crippen molar-refractivity contribution in [2.75, 3.05) is 5.32 Å². The Bertz CT molecular complexity index is 2310. The Morgan fingerprint density at radius 2 is 1.33 bits per heavy atom. The second kappa shape index (κ2) is 10.7. The van der Waals surface area contributed by atoms with E-state index in [4.69, 9.17) is 4.99 Å². The van der Waals surface area contributed by atoms with Crippen LogP contribution in [-0.2, 0) is 6.42 Å². The SMILES string of the molecule is C1=C(c2cccc(-c3cccc(C4=NC(c5ccccc5)c5ccccc5N4)c3)c2)CCc2sc3c(ccc4ccccc43)c21. The van der Waals surface area contributed by atoms with Crippen molar-refractivity contribution in [1.29, 1.82) is 0 Å². The van der Waals surface area contributed by atoms with Crippen molar-refractivity contribution in [2.24, 2.45) is 4.99 Å². The topological polar surface area (TPSA) is 24.4 Å². The number of benzene rings is 6. The van der Waals surface area contributed by atoms with Crippen molar-refractivity contribution in [1.82, 2.24) is 0 Å². The molecule has 2 aliphatic rings. The fourth-order valence-corrected chi connectivity index (χ4v) is 8.26. The molecule has 6 aromatic carbocycles. The maximum atomic E-state index is 5.25. The van der Waals surface area contributed by atoms with Gasteiger partial charge in [-0.15, -0.1) is 11.3 Å². The smallest absolute Gasteiger partial charge is 0.133 e. The van der Waals surface area contributed by atoms with Gasteiger partial charge in [-0.3, -0.25) is 4.99 Å². The van der Waals surface area contributed by atoms with E-state index in [0.717, 1.165) is 29.9 Å². The summed E-state index contributed by atoms with van der Waals surface area (Å²) >= 11 is 1.97. The number of aliphatic imine (C=N–C) groups is 1. The van der Waals surface area contributed by atoms with Gasteiger partial charge in [-0.05, 0) is 81.3 Å². The van der Waals surface area contributed by atoms with E-state index in [1.165, 1.54) is 64.7 Å². The first-order valence-corrected chi connectivity index (χ1v) is 16.4. The van der Waals surface area contributed by atoms with Crippen molar-refractivity contribution in [3.05, 3.63) is 172 Å². The lowest BCUT2D eigenvalue weighted by Crippen LogP contribution is -2.22. The lowest BCUT2D eigenvalue weighted by atomic mass is 9.90. The molecule has 45 heavy (non-hydrogen) atoms. The summed E-state index contributed by atoms with van der Waals surface area (Å²) in [5.41, 5.74) is 11.1. The summed E-state index contributed by atoms with van der Waals surface area (Å²) in [6.45, 7) is 0. The highest BCUT2D eigenvalue weighted by Crippen LogP contribution is 2.43. The highest BCUT2D eigenvalue weighted by molar-refractivity contribution is 7.20. The van der Waals surface area contributed by atoms with Crippen LogP contribution in [-0.4, -0.2) is 5.84 Å². The summed E-state index contributed by atoms with van der Waals surface area (Å²) in [4.78, 5) is 6.75. The van der Waals surface area contributed by atoms with Gasteiger partial charge in [-0.25, -0.2) is 0 Å². The molecule has 0 saturated heterocycles. The maximum Gasteiger partial charge on any atom is 0.133 e. The molecule has 3 heteroatoms. The Hall–Kier alpha value is -5.25. The molecule has 7 aromatic rings. The third-order valence-corrected chi connectivity index (χ3v) is 10.5. The monoisotopic (exact) mass is 594 g/mol. The van der Waals surface area contributed by atoms with Gasteiger partial charge in [-0.1, -0.05) is 121 Å². The number of fused-ring (bicyclic) bond motifs is 6. The lowest BCUT2D eigenvalue weighted by Gasteiger charge is -2.26. The van der Waals surface area contributed by atoms with Crippen LogP contribution in [0.25, 0.3) is 43.6 Å². The molecule has 1 aliphatic heterocycles. The number of nitrogens with zero attached hydrogens (tertiary/aromatic N) is 1. The van der Waals surface area contributed by atoms with Crippen LogP contribution in [0.4, 0.5) is 5.69 Å². The molecule has 0 amide bonds. The molecule has 1 atom stereocenters. The van der Waals surface area contributed by atoms with Crippen LogP contribution >= 0.6 is 11.3 Å². The molecule has 0 saturated carbocycles. The van der Waals surface area contributed by atoms with Crippen molar-refractivity contribution in [3.8, 4) is 11.1 Å². The number of hydrogen-bond acceptors (Lipinski definition) is 3. The minimum Gasteiger partial charge on any atom is -0.340 e. The number of allylic oxidation sites excluding steroid dienone is 1. The zero-order valence-corrected chi connectivity index (χ0v) is 25.5. The van der Waals surface area contributed by atoms with Crippen molar-refractivity contribution in [2.45, 2.75) is 18.9 Å². The van der Waals surface area contributed by atoms with E-state index in [1.807, 2.05) is 11.3 Å². The van der Waals surface area contributed by atoms with E-state index in [0.29, 0.717) is 0 Å². The quantitative estimate of drug-likeness (QED) is 0.215. The molecule has 214 valence electrons. The second-order valence-electron chi connectivity index (χ2n) is 11.9. The summed E-state index contributed by atoms with van der Waals surface area (Å²) in [7, 11) is 0. The average Bonchev–Trinajstić information content (AvgIpc) is 3.50. The lowest BCUT2D eigenvalue weighted by molar-refractivity contribution is 0.863. The number of rotatable bonds is 4. The van der Waals surface area contributed by atoms with E-state index in [9.17, 15) is 0 Å². The molecule has 2 nitrogen and oxygen atoms in total. The van der Waals surface area contributed by atoms with Gasteiger partial charge in [0, 0.05) is 31.8 Å². The number of anilines is 1. The van der Waals surface area contributed by atoms with Crippen LogP contribution in [0.5, 0.6) is 0 Å². The average molecular weight is 595 g/mol. The fraction of sp³-hybridized carbons (Fsp3) is 0.0714. The third kappa shape index (κ3) is 4.59. The summed E-state index contributed by atoms with van der Waals surface area (Å²) in [5, 5.41) is 7.69. The van der Waals surface area contributed by atoms with E-state index in [1.54, 1.807) is 0 Å². The van der Waals surface area contributed by atoms with Crippen LogP contribution in [0.15, 0.2) is 145 Å². The number of amidine groups is 1. The minimum atomic E-state index is -0.0417. The van der Waals surface area contributed by atoms with Crippen molar-refractivity contribution in [3.63, 3.8) is 0 Å². The molecule has 1 N–H and O–H groups in total. The zero-order valence-electron chi connectivity index (χ0n) is 24.7. The molecule has 0 fully saturated rings. The molecule has 1 aromatic heterocycles. The van der Waals surface area contributed by atoms with Crippen LogP contribution in [0.1, 0.15) is 45.2 Å². The second-order valence-corrected chi connectivity index (χ2v) is 13.0. The van der Waals surface area contributed by atoms with E-state index >= 15 is 0 Å². The molecule has 9 rings (SSSR count). The highest BCUT2D eigenvalue weighted by atomic mass is 32.1. The van der Waals surface area contributed by atoms with Crippen LogP contribution in [0.3, 0.4) is 0 Å². The molecule has 2 heterocycles. The first-order chi connectivity index (χ1) is 22.3. The number of para-hydroxylation sites is 1. The standard InChI is InChI=1S/C42H30N2S/c1-2-11-28(12-3-1)40-36-18-6-7-19-38(36)43-42(44-40)33-16-9-15-31(25-33)29-13-8-14-30(24-29)32-21-23-39-37(26-32)35-22-20-27-10-4-5-17-34(27)41(35)45-39/h1-20,22,24-26,40H,21,23H2,(H,43,44). The van der Waals surface area contributed by atoms with Gasteiger partial charge in [0.25, 0.3) is 0 Å². The third-order valence-electron chi connectivity index (χ3n) is 9.22. The Morgan fingerprint density at radius 3 is 2.22 bits per heavy atom. The molecule has 0 radical (unpaired) electrons. The molecule has 0 bridgehead atoms. The van der Waals surface area contributed by atoms with Gasteiger partial charge >= 0.3 is 0 Å². The summed E-state index contributed by atoms with van der Waals surface area (Å²) in [6.07, 6.45) is 4.59. The van der Waals surface area contributed by atoms with Gasteiger partial charge in [-0.2, -0.15) is 0 Å². The van der Waals surface area contributed by atoms with E-state index in [-0.39, 0.29) is 6.04 Å².